The van der Waals surface area contributed by atoms with E-state index in [9.17, 15) is 5.11 Å². The van der Waals surface area contributed by atoms with Gasteiger partial charge in [0.1, 0.15) is 5.75 Å². The maximum Gasteiger partial charge on any atom is 0.191 e. The Labute approximate surface area is 157 Å². The number of benzene rings is 1. The van der Waals surface area contributed by atoms with Crippen LogP contribution in [-0.2, 0) is 19.4 Å². The van der Waals surface area contributed by atoms with E-state index in [0.717, 1.165) is 37.3 Å². The number of nitrogens with one attached hydrogen (secondary N) is 2. The van der Waals surface area contributed by atoms with Gasteiger partial charge < -0.3 is 15.7 Å². The van der Waals surface area contributed by atoms with Crippen molar-refractivity contribution in [2.45, 2.75) is 52.5 Å². The second-order valence-electron chi connectivity index (χ2n) is 6.44. The van der Waals surface area contributed by atoms with E-state index in [0.29, 0.717) is 18.2 Å². The van der Waals surface area contributed by atoms with Crippen LogP contribution in [0.25, 0.3) is 0 Å². The zero-order valence-electron chi connectivity index (χ0n) is 14.5. The van der Waals surface area contributed by atoms with Crippen molar-refractivity contribution in [1.29, 1.82) is 0 Å². The second kappa shape index (κ2) is 10.0. The number of rotatable bonds is 5. The number of phenols is 1. The Morgan fingerprint density at radius 2 is 1.96 bits per heavy atom. The Bertz CT molecular complexity index is 529. The van der Waals surface area contributed by atoms with Crippen LogP contribution in [0.4, 0.5) is 0 Å². The van der Waals surface area contributed by atoms with Crippen molar-refractivity contribution in [2.75, 3.05) is 13.6 Å². The van der Waals surface area contributed by atoms with Crippen LogP contribution in [0.3, 0.4) is 0 Å². The van der Waals surface area contributed by atoms with Gasteiger partial charge in [0.15, 0.2) is 5.96 Å². The van der Waals surface area contributed by atoms with Gasteiger partial charge in [-0.1, -0.05) is 19.9 Å². The molecule has 0 radical (unpaired) electrons. The number of guanidine groups is 1. The second-order valence-corrected chi connectivity index (χ2v) is 6.44. The molecule has 0 heterocycles. The van der Waals surface area contributed by atoms with Gasteiger partial charge in [0.05, 0.1) is 0 Å². The van der Waals surface area contributed by atoms with Crippen molar-refractivity contribution < 1.29 is 5.11 Å². The fraction of sp³-hybridized carbons (Fsp3) is 0.611. The summed E-state index contributed by atoms with van der Waals surface area (Å²) in [5.74, 6) is 1.87. The molecule has 1 aromatic carbocycles. The van der Waals surface area contributed by atoms with Crippen LogP contribution in [0.1, 0.15) is 49.8 Å². The monoisotopic (exact) mass is 431 g/mol. The molecule has 0 aromatic heterocycles. The first kappa shape index (κ1) is 20.1. The summed E-state index contributed by atoms with van der Waals surface area (Å²) in [6, 6.07) is 3.90. The number of halogens is 1. The lowest BCUT2D eigenvalue weighted by Gasteiger charge is -2.21. The third-order valence-corrected chi connectivity index (χ3v) is 4.30. The van der Waals surface area contributed by atoms with Gasteiger partial charge >= 0.3 is 0 Å². The van der Waals surface area contributed by atoms with Crippen molar-refractivity contribution in [2.24, 2.45) is 10.9 Å². The molecular formula is C18H30IN3O. The van der Waals surface area contributed by atoms with Crippen molar-refractivity contribution in [1.82, 2.24) is 10.6 Å². The summed E-state index contributed by atoms with van der Waals surface area (Å²) in [6.45, 7) is 5.96. The van der Waals surface area contributed by atoms with Crippen LogP contribution in [0.2, 0.25) is 0 Å². The summed E-state index contributed by atoms with van der Waals surface area (Å²) < 4.78 is 0. The molecule has 0 aliphatic heterocycles. The number of nitrogens with zero attached hydrogens (tertiary/aromatic N) is 1. The summed E-state index contributed by atoms with van der Waals surface area (Å²) >= 11 is 0. The third-order valence-electron chi connectivity index (χ3n) is 4.30. The van der Waals surface area contributed by atoms with E-state index in [2.05, 4.69) is 35.5 Å². The topological polar surface area (TPSA) is 56.7 Å². The fourth-order valence-corrected chi connectivity index (χ4v) is 2.96. The Balaban J connectivity index is 0.00000264. The summed E-state index contributed by atoms with van der Waals surface area (Å²) in [6.07, 6.45) is 5.78. The van der Waals surface area contributed by atoms with E-state index in [1.165, 1.54) is 24.0 Å². The SMILES string of the molecule is CN=C(NCCC(C)C)NCc1c(O)ccc2c1CCCC2.I. The van der Waals surface area contributed by atoms with Crippen LogP contribution in [0.5, 0.6) is 5.75 Å². The van der Waals surface area contributed by atoms with E-state index >= 15 is 0 Å². The smallest absolute Gasteiger partial charge is 0.191 e. The largest absolute Gasteiger partial charge is 0.508 e. The highest BCUT2D eigenvalue weighted by molar-refractivity contribution is 14.0. The van der Waals surface area contributed by atoms with Crippen LogP contribution in [-0.4, -0.2) is 24.7 Å². The third kappa shape index (κ3) is 5.86. The highest BCUT2D eigenvalue weighted by atomic mass is 127. The number of hydrogen-bond acceptors (Lipinski definition) is 2. The quantitative estimate of drug-likeness (QED) is 0.380. The van der Waals surface area contributed by atoms with Crippen molar-refractivity contribution in [3.8, 4) is 5.75 Å². The minimum Gasteiger partial charge on any atom is -0.508 e. The first-order valence-corrected chi connectivity index (χ1v) is 8.39. The average Bonchev–Trinajstić information content (AvgIpc) is 2.51. The summed E-state index contributed by atoms with van der Waals surface area (Å²) in [7, 11) is 1.78. The Morgan fingerprint density at radius 3 is 2.65 bits per heavy atom. The summed E-state index contributed by atoms with van der Waals surface area (Å²) in [5.41, 5.74) is 3.75. The van der Waals surface area contributed by atoms with Crippen LogP contribution >= 0.6 is 24.0 Å². The molecule has 0 bridgehead atoms. The minimum absolute atomic E-state index is 0. The molecular weight excluding hydrogens is 401 g/mol. The number of fused-ring (bicyclic) bond motifs is 1. The van der Waals surface area contributed by atoms with Crippen molar-refractivity contribution in [3.05, 3.63) is 28.8 Å². The standard InChI is InChI=1S/C18H29N3O.HI/c1-13(2)10-11-20-18(19-3)21-12-16-15-7-5-4-6-14(15)8-9-17(16)22;/h8-9,13,22H,4-7,10-12H2,1-3H3,(H2,19,20,21);1H. The maximum absolute atomic E-state index is 10.2. The van der Waals surface area contributed by atoms with Crippen molar-refractivity contribution in [3.63, 3.8) is 0 Å². The molecule has 0 amide bonds. The van der Waals surface area contributed by atoms with Gasteiger partial charge in [0.2, 0.25) is 0 Å². The molecule has 0 fully saturated rings. The molecule has 5 heteroatoms. The van der Waals surface area contributed by atoms with Crippen LogP contribution < -0.4 is 10.6 Å². The van der Waals surface area contributed by atoms with Gasteiger partial charge in [0.25, 0.3) is 0 Å². The molecule has 4 nitrogen and oxygen atoms in total. The normalized spacial score (nSPS) is 14.2. The lowest BCUT2D eigenvalue weighted by molar-refractivity contribution is 0.464. The van der Waals surface area contributed by atoms with Gasteiger partial charge in [0, 0.05) is 25.7 Å². The van der Waals surface area contributed by atoms with E-state index in [1.807, 2.05) is 6.07 Å². The lowest BCUT2D eigenvalue weighted by Crippen LogP contribution is -2.37. The molecule has 1 aliphatic carbocycles. The molecule has 1 aromatic rings. The Hall–Kier alpha value is -0.980. The highest BCUT2D eigenvalue weighted by Crippen LogP contribution is 2.30. The number of phenolic OH excluding ortho intramolecular Hbond substituents is 1. The Morgan fingerprint density at radius 1 is 1.22 bits per heavy atom. The maximum atomic E-state index is 10.2. The van der Waals surface area contributed by atoms with Gasteiger partial charge in [-0.05, 0) is 55.2 Å². The molecule has 0 spiro atoms. The van der Waals surface area contributed by atoms with Crippen LogP contribution in [0, 0.1) is 5.92 Å². The Kier molecular flexibility index (Phi) is 8.73. The predicted molar refractivity (Wildman–Crippen MR) is 108 cm³/mol. The number of hydrogen-bond donors (Lipinski definition) is 3. The number of aryl methyl sites for hydroxylation is 1. The fourth-order valence-electron chi connectivity index (χ4n) is 2.96. The zero-order chi connectivity index (χ0) is 15.9. The van der Waals surface area contributed by atoms with Gasteiger partial charge in [-0.25, -0.2) is 0 Å². The van der Waals surface area contributed by atoms with E-state index in [-0.39, 0.29) is 24.0 Å². The molecule has 23 heavy (non-hydrogen) atoms. The van der Waals surface area contributed by atoms with Gasteiger partial charge in [-0.3, -0.25) is 4.99 Å². The van der Waals surface area contributed by atoms with E-state index in [1.54, 1.807) is 7.05 Å². The minimum atomic E-state index is 0. The number of aliphatic imine (C=N–C) groups is 1. The number of aromatic hydroxyl groups is 1. The van der Waals surface area contributed by atoms with Crippen molar-refractivity contribution >= 4 is 29.9 Å². The van der Waals surface area contributed by atoms with Crippen LogP contribution in [0.15, 0.2) is 17.1 Å². The van der Waals surface area contributed by atoms with E-state index in [4.69, 9.17) is 0 Å². The molecule has 2 rings (SSSR count). The van der Waals surface area contributed by atoms with Gasteiger partial charge in [-0.15, -0.1) is 24.0 Å². The summed E-state index contributed by atoms with van der Waals surface area (Å²) in [4.78, 5) is 4.25. The molecule has 3 N–H and O–H groups in total. The van der Waals surface area contributed by atoms with Gasteiger partial charge in [-0.2, -0.15) is 0 Å². The lowest BCUT2D eigenvalue weighted by atomic mass is 9.88. The molecule has 0 atom stereocenters. The first-order chi connectivity index (χ1) is 10.6. The highest BCUT2D eigenvalue weighted by Gasteiger charge is 2.16. The zero-order valence-corrected chi connectivity index (χ0v) is 16.8. The average molecular weight is 431 g/mol. The molecule has 0 unspecified atom stereocenters. The molecule has 0 saturated carbocycles. The summed E-state index contributed by atoms with van der Waals surface area (Å²) in [5, 5.41) is 16.9. The molecule has 0 saturated heterocycles. The predicted octanol–water partition coefficient (Wildman–Crippen LogP) is 3.60. The molecule has 130 valence electrons. The first-order valence-electron chi connectivity index (χ1n) is 8.39. The van der Waals surface area contributed by atoms with E-state index < -0.39 is 0 Å². The molecule has 1 aliphatic rings.